The molecule has 1 aromatic rings. The average Bonchev–Trinajstić information content (AvgIpc) is 3.14. The third-order valence-electron chi connectivity index (χ3n) is 4.14. The standard InChI is InChI=1S/C16H19BrN2O3/c17-12-3-1-4-13(8-12)19-10-11(7-15(19)20)16(21)18-9-14-5-2-6-22-14/h1,3-4,8,11,14H,2,5-7,9-10H2,(H,18,21). The molecule has 0 aliphatic carbocycles. The number of carbonyl (C=O) groups is 2. The molecule has 2 amide bonds. The normalized spacial score (nSPS) is 24.8. The molecule has 5 nitrogen and oxygen atoms in total. The van der Waals surface area contributed by atoms with E-state index in [2.05, 4.69) is 21.2 Å². The van der Waals surface area contributed by atoms with Crippen molar-refractivity contribution in [3.8, 4) is 0 Å². The van der Waals surface area contributed by atoms with Gasteiger partial charge in [0.1, 0.15) is 0 Å². The summed E-state index contributed by atoms with van der Waals surface area (Å²) in [4.78, 5) is 26.1. The SMILES string of the molecule is O=C(NCC1CCCO1)C1CC(=O)N(c2cccc(Br)c2)C1. The van der Waals surface area contributed by atoms with Crippen LogP contribution in [-0.2, 0) is 14.3 Å². The highest BCUT2D eigenvalue weighted by Gasteiger charge is 2.35. The minimum absolute atomic E-state index is 0.00429. The number of ether oxygens (including phenoxy) is 1. The molecule has 2 saturated heterocycles. The summed E-state index contributed by atoms with van der Waals surface area (Å²) in [5.74, 6) is -0.343. The van der Waals surface area contributed by atoms with Gasteiger partial charge in [0.2, 0.25) is 11.8 Å². The molecule has 1 aromatic carbocycles. The highest BCUT2D eigenvalue weighted by Crippen LogP contribution is 2.27. The molecule has 0 bridgehead atoms. The third kappa shape index (κ3) is 3.50. The molecule has 2 atom stereocenters. The lowest BCUT2D eigenvalue weighted by Crippen LogP contribution is -2.37. The molecule has 2 fully saturated rings. The summed E-state index contributed by atoms with van der Waals surface area (Å²) in [6.45, 7) is 1.76. The van der Waals surface area contributed by atoms with Gasteiger partial charge in [-0.05, 0) is 31.0 Å². The molecule has 118 valence electrons. The number of hydrogen-bond donors (Lipinski definition) is 1. The van der Waals surface area contributed by atoms with Gasteiger partial charge in [0, 0.05) is 36.3 Å². The lowest BCUT2D eigenvalue weighted by molar-refractivity contribution is -0.126. The maximum atomic E-state index is 12.2. The van der Waals surface area contributed by atoms with Crippen LogP contribution in [0.5, 0.6) is 0 Å². The van der Waals surface area contributed by atoms with E-state index in [1.165, 1.54) is 0 Å². The van der Waals surface area contributed by atoms with Gasteiger partial charge in [0.05, 0.1) is 12.0 Å². The first-order valence-electron chi connectivity index (χ1n) is 7.59. The van der Waals surface area contributed by atoms with E-state index in [4.69, 9.17) is 4.74 Å². The Hall–Kier alpha value is -1.40. The zero-order valence-corrected chi connectivity index (χ0v) is 13.8. The van der Waals surface area contributed by atoms with E-state index in [1.54, 1.807) is 4.90 Å². The monoisotopic (exact) mass is 366 g/mol. The van der Waals surface area contributed by atoms with Crippen molar-refractivity contribution in [3.05, 3.63) is 28.7 Å². The molecule has 2 heterocycles. The van der Waals surface area contributed by atoms with Crippen molar-refractivity contribution in [1.82, 2.24) is 5.32 Å². The predicted molar refractivity (Wildman–Crippen MR) is 86.6 cm³/mol. The van der Waals surface area contributed by atoms with E-state index in [0.29, 0.717) is 13.1 Å². The fraction of sp³-hybridized carbons (Fsp3) is 0.500. The summed E-state index contributed by atoms with van der Waals surface area (Å²) in [7, 11) is 0. The second-order valence-corrected chi connectivity index (χ2v) is 6.68. The van der Waals surface area contributed by atoms with E-state index < -0.39 is 0 Å². The minimum Gasteiger partial charge on any atom is -0.376 e. The van der Waals surface area contributed by atoms with E-state index in [0.717, 1.165) is 29.6 Å². The third-order valence-corrected chi connectivity index (χ3v) is 4.64. The van der Waals surface area contributed by atoms with Crippen LogP contribution in [0.2, 0.25) is 0 Å². The largest absolute Gasteiger partial charge is 0.376 e. The summed E-state index contributed by atoms with van der Waals surface area (Å²) < 4.78 is 6.41. The molecule has 2 aliphatic rings. The number of halogens is 1. The second kappa shape index (κ2) is 6.79. The van der Waals surface area contributed by atoms with Crippen molar-refractivity contribution in [1.29, 1.82) is 0 Å². The first-order valence-corrected chi connectivity index (χ1v) is 8.38. The van der Waals surface area contributed by atoms with E-state index in [9.17, 15) is 9.59 Å². The van der Waals surface area contributed by atoms with Crippen molar-refractivity contribution >= 4 is 33.4 Å². The molecule has 0 aromatic heterocycles. The van der Waals surface area contributed by atoms with Crippen molar-refractivity contribution in [2.24, 2.45) is 5.92 Å². The van der Waals surface area contributed by atoms with Crippen LogP contribution in [0, 0.1) is 5.92 Å². The average molecular weight is 367 g/mol. The molecule has 2 aliphatic heterocycles. The number of benzene rings is 1. The molecule has 0 saturated carbocycles. The van der Waals surface area contributed by atoms with Crippen LogP contribution < -0.4 is 10.2 Å². The predicted octanol–water partition coefficient (Wildman–Crippen LogP) is 2.10. The summed E-state index contributed by atoms with van der Waals surface area (Å²) in [5.41, 5.74) is 0.828. The fourth-order valence-electron chi connectivity index (χ4n) is 2.94. The lowest BCUT2D eigenvalue weighted by Gasteiger charge is -2.17. The number of rotatable bonds is 4. The topological polar surface area (TPSA) is 58.6 Å². The van der Waals surface area contributed by atoms with Gasteiger partial charge in [0.25, 0.3) is 0 Å². The van der Waals surface area contributed by atoms with Crippen LogP contribution in [0.3, 0.4) is 0 Å². The molecule has 2 unspecified atom stereocenters. The molecular weight excluding hydrogens is 348 g/mol. The summed E-state index contributed by atoms with van der Waals surface area (Å²) in [6.07, 6.45) is 2.44. The number of hydrogen-bond acceptors (Lipinski definition) is 3. The molecule has 22 heavy (non-hydrogen) atoms. The van der Waals surface area contributed by atoms with E-state index in [-0.39, 0.29) is 30.3 Å². The highest BCUT2D eigenvalue weighted by atomic mass is 79.9. The molecular formula is C16H19BrN2O3. The first-order chi connectivity index (χ1) is 10.6. The Morgan fingerprint density at radius 1 is 1.45 bits per heavy atom. The van der Waals surface area contributed by atoms with Crippen LogP contribution in [-0.4, -0.2) is 37.6 Å². The van der Waals surface area contributed by atoms with Crippen LogP contribution in [0.25, 0.3) is 0 Å². The Morgan fingerprint density at radius 3 is 3.05 bits per heavy atom. The zero-order valence-electron chi connectivity index (χ0n) is 12.3. The van der Waals surface area contributed by atoms with Gasteiger partial charge in [-0.15, -0.1) is 0 Å². The van der Waals surface area contributed by atoms with Gasteiger partial charge < -0.3 is 15.0 Å². The molecule has 0 spiro atoms. The molecule has 0 radical (unpaired) electrons. The zero-order chi connectivity index (χ0) is 15.5. The molecule has 6 heteroatoms. The quantitative estimate of drug-likeness (QED) is 0.887. The van der Waals surface area contributed by atoms with Crippen LogP contribution in [0.1, 0.15) is 19.3 Å². The maximum Gasteiger partial charge on any atom is 0.227 e. The second-order valence-electron chi connectivity index (χ2n) is 5.77. The van der Waals surface area contributed by atoms with Crippen molar-refractivity contribution in [3.63, 3.8) is 0 Å². The van der Waals surface area contributed by atoms with Gasteiger partial charge >= 0.3 is 0 Å². The van der Waals surface area contributed by atoms with Crippen LogP contribution in [0.4, 0.5) is 5.69 Å². The van der Waals surface area contributed by atoms with Crippen molar-refractivity contribution in [2.45, 2.75) is 25.4 Å². The number of anilines is 1. The van der Waals surface area contributed by atoms with Gasteiger partial charge in [-0.25, -0.2) is 0 Å². The highest BCUT2D eigenvalue weighted by molar-refractivity contribution is 9.10. The molecule has 3 rings (SSSR count). The molecule has 1 N–H and O–H groups in total. The number of carbonyl (C=O) groups excluding carboxylic acids is 2. The summed E-state index contributed by atoms with van der Waals surface area (Å²) in [6, 6.07) is 7.58. The fourth-order valence-corrected chi connectivity index (χ4v) is 3.33. The van der Waals surface area contributed by atoms with Crippen LogP contribution in [0.15, 0.2) is 28.7 Å². The van der Waals surface area contributed by atoms with Crippen molar-refractivity contribution < 1.29 is 14.3 Å². The van der Waals surface area contributed by atoms with Gasteiger partial charge in [-0.2, -0.15) is 0 Å². The van der Waals surface area contributed by atoms with E-state index in [1.807, 2.05) is 24.3 Å². The Kier molecular flexibility index (Phi) is 4.78. The number of nitrogens with one attached hydrogen (secondary N) is 1. The lowest BCUT2D eigenvalue weighted by atomic mass is 10.1. The Bertz CT molecular complexity index is 572. The Balaban J connectivity index is 1.57. The van der Waals surface area contributed by atoms with Crippen molar-refractivity contribution in [2.75, 3.05) is 24.6 Å². The van der Waals surface area contributed by atoms with E-state index >= 15 is 0 Å². The number of amides is 2. The van der Waals surface area contributed by atoms with Crippen LogP contribution >= 0.6 is 15.9 Å². The van der Waals surface area contributed by atoms with Gasteiger partial charge in [-0.3, -0.25) is 9.59 Å². The smallest absolute Gasteiger partial charge is 0.227 e. The minimum atomic E-state index is -0.284. The summed E-state index contributed by atoms with van der Waals surface area (Å²) >= 11 is 3.40. The van der Waals surface area contributed by atoms with Gasteiger partial charge in [-0.1, -0.05) is 22.0 Å². The maximum absolute atomic E-state index is 12.2. The summed E-state index contributed by atoms with van der Waals surface area (Å²) in [5, 5.41) is 2.92. The number of nitrogens with zero attached hydrogens (tertiary/aromatic N) is 1. The Labute approximate surface area is 138 Å². The van der Waals surface area contributed by atoms with Gasteiger partial charge in [0.15, 0.2) is 0 Å². The Morgan fingerprint density at radius 2 is 2.32 bits per heavy atom. The first kappa shape index (κ1) is 15.5.